The van der Waals surface area contributed by atoms with Crippen molar-refractivity contribution in [2.24, 2.45) is 0 Å². The Bertz CT molecular complexity index is 1020. The van der Waals surface area contributed by atoms with Gasteiger partial charge in [-0.3, -0.25) is 0 Å². The van der Waals surface area contributed by atoms with Crippen molar-refractivity contribution in [3.05, 3.63) is 89.2 Å². The van der Waals surface area contributed by atoms with Gasteiger partial charge in [-0.25, -0.2) is 14.6 Å². The molecule has 0 amide bonds. The minimum absolute atomic E-state index is 0.00581. The van der Waals surface area contributed by atoms with Crippen LogP contribution in [0.4, 0.5) is 0 Å². The van der Waals surface area contributed by atoms with Crippen LogP contribution in [0, 0.1) is 0 Å². The van der Waals surface area contributed by atoms with Gasteiger partial charge in [0.05, 0.1) is 0 Å². The third-order valence-corrected chi connectivity index (χ3v) is 5.03. The molecule has 0 aliphatic rings. The van der Waals surface area contributed by atoms with Crippen LogP contribution in [0.25, 0.3) is 0 Å². The molecule has 32 heavy (non-hydrogen) atoms. The van der Waals surface area contributed by atoms with Gasteiger partial charge in [-0.2, -0.15) is 0 Å². The summed E-state index contributed by atoms with van der Waals surface area (Å²) in [7, 11) is 0. The van der Waals surface area contributed by atoms with E-state index in [1.807, 2.05) is 24.3 Å². The maximum atomic E-state index is 12.5. The SMILES string of the molecule is CC(C)(C)c1ccc(OC(=O)c2cccc(C(=O)Oc3ccc(C(C)(C)C)cc3)n2)cc1. The molecular weight excluding hydrogens is 402 g/mol. The molecule has 0 spiro atoms. The molecule has 3 rings (SSSR count). The Morgan fingerprint density at radius 1 is 0.594 bits per heavy atom. The number of pyridine rings is 1. The van der Waals surface area contributed by atoms with Gasteiger partial charge in [0, 0.05) is 0 Å². The Morgan fingerprint density at radius 3 is 1.25 bits per heavy atom. The molecule has 1 heterocycles. The third-order valence-electron chi connectivity index (χ3n) is 5.03. The highest BCUT2D eigenvalue weighted by atomic mass is 16.5. The van der Waals surface area contributed by atoms with Crippen LogP contribution in [0.3, 0.4) is 0 Å². The van der Waals surface area contributed by atoms with E-state index in [1.165, 1.54) is 12.1 Å². The van der Waals surface area contributed by atoms with Crippen LogP contribution in [0.15, 0.2) is 66.7 Å². The number of aromatic nitrogens is 1. The molecule has 5 nitrogen and oxygen atoms in total. The van der Waals surface area contributed by atoms with E-state index in [0.29, 0.717) is 11.5 Å². The molecular formula is C27H29NO4. The Kier molecular flexibility index (Phi) is 6.49. The minimum Gasteiger partial charge on any atom is -0.422 e. The molecule has 0 N–H and O–H groups in total. The number of nitrogens with zero attached hydrogens (tertiary/aromatic N) is 1. The number of carbonyl (C=O) groups excluding carboxylic acids is 2. The van der Waals surface area contributed by atoms with Crippen molar-refractivity contribution in [3.63, 3.8) is 0 Å². The normalized spacial score (nSPS) is 11.7. The van der Waals surface area contributed by atoms with E-state index in [4.69, 9.17) is 9.47 Å². The average molecular weight is 432 g/mol. The van der Waals surface area contributed by atoms with Crippen LogP contribution in [0.2, 0.25) is 0 Å². The predicted octanol–water partition coefficient (Wildman–Crippen LogP) is 6.12. The van der Waals surface area contributed by atoms with Gasteiger partial charge in [0.15, 0.2) is 0 Å². The molecule has 3 aromatic rings. The highest BCUT2D eigenvalue weighted by Gasteiger charge is 2.18. The van der Waals surface area contributed by atoms with Gasteiger partial charge in [0.1, 0.15) is 22.9 Å². The second kappa shape index (κ2) is 8.95. The molecule has 0 radical (unpaired) electrons. The standard InChI is InChI=1S/C27H29NO4/c1-26(2,3)18-10-14-20(15-11-18)31-24(29)22-8-7-9-23(28-22)25(30)32-21-16-12-19(13-17-21)27(4,5)6/h7-17H,1-6H3. The van der Waals surface area contributed by atoms with Crippen molar-refractivity contribution in [1.29, 1.82) is 0 Å². The van der Waals surface area contributed by atoms with Crippen LogP contribution < -0.4 is 9.47 Å². The molecule has 5 heteroatoms. The van der Waals surface area contributed by atoms with E-state index in [-0.39, 0.29) is 22.2 Å². The van der Waals surface area contributed by atoms with E-state index < -0.39 is 11.9 Å². The fourth-order valence-electron chi connectivity index (χ4n) is 3.03. The van der Waals surface area contributed by atoms with Crippen molar-refractivity contribution in [2.45, 2.75) is 52.4 Å². The smallest absolute Gasteiger partial charge is 0.362 e. The van der Waals surface area contributed by atoms with Crippen LogP contribution in [0.5, 0.6) is 11.5 Å². The summed E-state index contributed by atoms with van der Waals surface area (Å²) in [6, 6.07) is 19.3. The van der Waals surface area contributed by atoms with Gasteiger partial charge in [-0.15, -0.1) is 0 Å². The van der Waals surface area contributed by atoms with Gasteiger partial charge in [0.25, 0.3) is 0 Å². The molecule has 1 aromatic heterocycles. The first-order valence-electron chi connectivity index (χ1n) is 10.6. The van der Waals surface area contributed by atoms with Crippen LogP contribution in [-0.2, 0) is 10.8 Å². The summed E-state index contributed by atoms with van der Waals surface area (Å²) in [6.45, 7) is 12.7. The summed E-state index contributed by atoms with van der Waals surface area (Å²) in [5.41, 5.74) is 2.34. The molecule has 0 atom stereocenters. The Morgan fingerprint density at radius 2 is 0.938 bits per heavy atom. The Hall–Kier alpha value is -3.47. The van der Waals surface area contributed by atoms with Crippen molar-refractivity contribution < 1.29 is 19.1 Å². The van der Waals surface area contributed by atoms with Crippen molar-refractivity contribution in [3.8, 4) is 11.5 Å². The van der Waals surface area contributed by atoms with Crippen molar-refractivity contribution in [1.82, 2.24) is 4.98 Å². The molecule has 0 saturated heterocycles. The first-order valence-corrected chi connectivity index (χ1v) is 10.6. The lowest BCUT2D eigenvalue weighted by Gasteiger charge is -2.19. The second-order valence-electron chi connectivity index (χ2n) is 9.74. The first-order chi connectivity index (χ1) is 14.9. The molecule has 0 bridgehead atoms. The zero-order chi connectivity index (χ0) is 23.5. The molecule has 0 aliphatic heterocycles. The lowest BCUT2D eigenvalue weighted by atomic mass is 9.87. The van der Waals surface area contributed by atoms with E-state index in [2.05, 4.69) is 46.5 Å². The highest BCUT2D eigenvalue weighted by Crippen LogP contribution is 2.25. The zero-order valence-corrected chi connectivity index (χ0v) is 19.4. The molecule has 2 aromatic carbocycles. The number of esters is 2. The van der Waals surface area contributed by atoms with Gasteiger partial charge >= 0.3 is 11.9 Å². The number of rotatable bonds is 4. The van der Waals surface area contributed by atoms with E-state index in [1.54, 1.807) is 30.3 Å². The van der Waals surface area contributed by atoms with E-state index in [9.17, 15) is 9.59 Å². The first kappa shape index (κ1) is 23.2. The van der Waals surface area contributed by atoms with E-state index >= 15 is 0 Å². The Labute approximate surface area is 189 Å². The molecule has 0 aliphatic carbocycles. The summed E-state index contributed by atoms with van der Waals surface area (Å²) in [5, 5.41) is 0. The molecule has 0 fully saturated rings. The molecule has 0 unspecified atom stereocenters. The molecule has 166 valence electrons. The summed E-state index contributed by atoms with van der Waals surface area (Å²) >= 11 is 0. The Balaban J connectivity index is 1.69. The summed E-state index contributed by atoms with van der Waals surface area (Å²) in [5.74, 6) is -0.455. The number of benzene rings is 2. The van der Waals surface area contributed by atoms with Gasteiger partial charge in [-0.1, -0.05) is 71.9 Å². The fraction of sp³-hybridized carbons (Fsp3) is 0.296. The fourth-order valence-corrected chi connectivity index (χ4v) is 3.03. The lowest BCUT2D eigenvalue weighted by molar-refractivity contribution is 0.0722. The summed E-state index contributed by atoms with van der Waals surface area (Å²) in [4.78, 5) is 29.2. The van der Waals surface area contributed by atoms with Crippen LogP contribution in [0.1, 0.15) is 73.6 Å². The quantitative estimate of drug-likeness (QED) is 0.368. The second-order valence-corrected chi connectivity index (χ2v) is 9.74. The van der Waals surface area contributed by atoms with Crippen molar-refractivity contribution in [2.75, 3.05) is 0 Å². The van der Waals surface area contributed by atoms with Gasteiger partial charge in [-0.05, 0) is 58.4 Å². The highest BCUT2D eigenvalue weighted by molar-refractivity contribution is 5.93. The maximum Gasteiger partial charge on any atom is 0.362 e. The van der Waals surface area contributed by atoms with Gasteiger partial charge in [0.2, 0.25) is 0 Å². The zero-order valence-electron chi connectivity index (χ0n) is 19.4. The van der Waals surface area contributed by atoms with E-state index in [0.717, 1.165) is 11.1 Å². The number of hydrogen-bond acceptors (Lipinski definition) is 5. The van der Waals surface area contributed by atoms with Crippen molar-refractivity contribution >= 4 is 11.9 Å². The summed E-state index contributed by atoms with van der Waals surface area (Å²) < 4.78 is 10.8. The topological polar surface area (TPSA) is 65.5 Å². The predicted molar refractivity (Wildman–Crippen MR) is 124 cm³/mol. The lowest BCUT2D eigenvalue weighted by Crippen LogP contribution is -2.16. The minimum atomic E-state index is -0.641. The maximum absolute atomic E-state index is 12.5. The third kappa shape index (κ3) is 5.82. The van der Waals surface area contributed by atoms with Crippen LogP contribution >= 0.6 is 0 Å². The number of hydrogen-bond donors (Lipinski definition) is 0. The average Bonchev–Trinajstić information content (AvgIpc) is 2.73. The monoisotopic (exact) mass is 431 g/mol. The number of carbonyl (C=O) groups is 2. The van der Waals surface area contributed by atoms with Crippen LogP contribution in [-0.4, -0.2) is 16.9 Å². The summed E-state index contributed by atoms with van der Waals surface area (Å²) in [6.07, 6.45) is 0. The van der Waals surface area contributed by atoms with Gasteiger partial charge < -0.3 is 9.47 Å². The molecule has 0 saturated carbocycles. The largest absolute Gasteiger partial charge is 0.422 e. The number of ether oxygens (including phenoxy) is 2.